The Morgan fingerprint density at radius 2 is 2.13 bits per heavy atom. The molecule has 0 radical (unpaired) electrons. The first-order chi connectivity index (χ1) is 10.9. The number of aromatic nitrogens is 1. The van der Waals surface area contributed by atoms with E-state index in [-0.39, 0.29) is 6.09 Å². The lowest BCUT2D eigenvalue weighted by atomic mass is 10.1. The van der Waals surface area contributed by atoms with Crippen molar-refractivity contribution in [3.63, 3.8) is 0 Å². The third-order valence-corrected chi connectivity index (χ3v) is 3.21. The zero-order valence-corrected chi connectivity index (χ0v) is 14.3. The third kappa shape index (κ3) is 5.56. The molecular weight excluding hydrogens is 294 g/mol. The number of anilines is 1. The van der Waals surface area contributed by atoms with Crippen molar-refractivity contribution >= 4 is 17.9 Å². The first kappa shape index (κ1) is 17.3. The molecule has 2 heterocycles. The fourth-order valence-electron chi connectivity index (χ4n) is 2.16. The van der Waals surface area contributed by atoms with Crippen LogP contribution in [0.25, 0.3) is 6.08 Å². The highest BCUT2D eigenvalue weighted by molar-refractivity contribution is 5.72. The number of ether oxygens (including phenoxy) is 2. The van der Waals surface area contributed by atoms with Gasteiger partial charge in [0.15, 0.2) is 0 Å². The summed E-state index contributed by atoms with van der Waals surface area (Å²) in [5.41, 5.74) is 2.71. The minimum Gasteiger partial charge on any atom is -0.444 e. The number of nitrogens with zero attached hydrogens (tertiary/aromatic N) is 2. The number of carbonyl (C=O) groups excluding carboxylic acids is 1. The lowest BCUT2D eigenvalue weighted by molar-refractivity contribution is 0.0216. The molecule has 1 N–H and O–H groups in total. The number of hydrogen-bond donors (Lipinski definition) is 1. The maximum Gasteiger partial charge on any atom is 0.410 e. The van der Waals surface area contributed by atoms with Gasteiger partial charge in [0.05, 0.1) is 12.3 Å². The van der Waals surface area contributed by atoms with Crippen molar-refractivity contribution in [1.29, 1.82) is 0 Å². The van der Waals surface area contributed by atoms with Gasteiger partial charge in [0.25, 0.3) is 0 Å². The average molecular weight is 319 g/mol. The highest BCUT2D eigenvalue weighted by Gasteiger charge is 2.29. The van der Waals surface area contributed by atoms with Crippen LogP contribution in [0, 0.1) is 0 Å². The summed E-state index contributed by atoms with van der Waals surface area (Å²) in [7, 11) is 1.67. The molecule has 1 aromatic heterocycles. The average Bonchev–Trinajstić information content (AvgIpc) is 2.41. The minimum atomic E-state index is -0.456. The second-order valence-electron chi connectivity index (χ2n) is 6.57. The van der Waals surface area contributed by atoms with Crippen molar-refractivity contribution in [2.24, 2.45) is 0 Å². The lowest BCUT2D eigenvalue weighted by Gasteiger charge is -2.35. The number of carbonyl (C=O) groups is 1. The highest BCUT2D eigenvalue weighted by atomic mass is 16.6. The Bertz CT molecular complexity index is 571. The standard InChI is InChI=1S/C17H25N3O3/c1-17(2,3)23-16(21)20-11-14(12-20)7-13-8-15(10-18-9-13)19-5-6-22-4/h7-10,19H,5-6,11-12H2,1-4H3. The van der Waals surface area contributed by atoms with E-state index < -0.39 is 5.60 Å². The summed E-state index contributed by atoms with van der Waals surface area (Å²) in [5.74, 6) is 0. The van der Waals surface area contributed by atoms with E-state index in [1.54, 1.807) is 18.2 Å². The summed E-state index contributed by atoms with van der Waals surface area (Å²) >= 11 is 0. The van der Waals surface area contributed by atoms with E-state index in [2.05, 4.69) is 16.4 Å². The number of amides is 1. The second-order valence-corrected chi connectivity index (χ2v) is 6.57. The monoisotopic (exact) mass is 319 g/mol. The molecule has 0 atom stereocenters. The maximum atomic E-state index is 11.9. The Morgan fingerprint density at radius 1 is 1.39 bits per heavy atom. The van der Waals surface area contributed by atoms with Gasteiger partial charge >= 0.3 is 6.09 Å². The zero-order valence-electron chi connectivity index (χ0n) is 14.3. The quantitative estimate of drug-likeness (QED) is 0.846. The smallest absolute Gasteiger partial charge is 0.410 e. The highest BCUT2D eigenvalue weighted by Crippen LogP contribution is 2.21. The molecule has 0 aromatic carbocycles. The predicted octanol–water partition coefficient (Wildman–Crippen LogP) is 2.77. The van der Waals surface area contributed by atoms with E-state index in [1.807, 2.05) is 33.0 Å². The number of rotatable bonds is 5. The summed E-state index contributed by atoms with van der Waals surface area (Å²) in [6.07, 6.45) is 5.40. The van der Waals surface area contributed by atoms with Gasteiger partial charge in [0.2, 0.25) is 0 Å². The molecule has 0 aliphatic carbocycles. The third-order valence-electron chi connectivity index (χ3n) is 3.21. The Labute approximate surface area is 137 Å². The summed E-state index contributed by atoms with van der Waals surface area (Å²) in [5, 5.41) is 3.25. The molecule has 1 aliphatic rings. The number of methoxy groups -OCH3 is 1. The van der Waals surface area contributed by atoms with Crippen LogP contribution in [0.1, 0.15) is 26.3 Å². The van der Waals surface area contributed by atoms with E-state index in [0.717, 1.165) is 17.8 Å². The number of nitrogens with one attached hydrogen (secondary N) is 1. The van der Waals surface area contributed by atoms with E-state index in [0.29, 0.717) is 19.7 Å². The normalized spacial score (nSPS) is 14.3. The molecule has 2 rings (SSSR count). The molecule has 1 fully saturated rings. The molecule has 1 amide bonds. The minimum absolute atomic E-state index is 0.261. The fraction of sp³-hybridized carbons (Fsp3) is 0.529. The van der Waals surface area contributed by atoms with Crippen molar-refractivity contribution in [2.75, 3.05) is 38.7 Å². The van der Waals surface area contributed by atoms with Crippen LogP contribution in [0.15, 0.2) is 24.0 Å². The zero-order chi connectivity index (χ0) is 16.9. The van der Waals surface area contributed by atoms with Crippen molar-refractivity contribution in [1.82, 2.24) is 9.88 Å². The van der Waals surface area contributed by atoms with E-state index >= 15 is 0 Å². The van der Waals surface area contributed by atoms with Gasteiger partial charge in [-0.2, -0.15) is 0 Å². The van der Waals surface area contributed by atoms with Gasteiger partial charge in [0.1, 0.15) is 5.60 Å². The molecule has 6 heteroatoms. The Hall–Kier alpha value is -2.08. The molecule has 0 spiro atoms. The van der Waals surface area contributed by atoms with E-state index in [1.165, 1.54) is 5.57 Å². The maximum absolute atomic E-state index is 11.9. The molecular formula is C17H25N3O3. The van der Waals surface area contributed by atoms with Crippen LogP contribution in [0.2, 0.25) is 0 Å². The van der Waals surface area contributed by atoms with Crippen LogP contribution in [0.5, 0.6) is 0 Å². The van der Waals surface area contributed by atoms with Crippen molar-refractivity contribution < 1.29 is 14.3 Å². The first-order valence-corrected chi connectivity index (χ1v) is 7.72. The Kier molecular flexibility index (Phi) is 5.60. The molecule has 1 aromatic rings. The predicted molar refractivity (Wildman–Crippen MR) is 90.4 cm³/mol. The molecule has 6 nitrogen and oxygen atoms in total. The van der Waals surface area contributed by atoms with Crippen LogP contribution in [0.4, 0.5) is 10.5 Å². The van der Waals surface area contributed by atoms with Crippen LogP contribution in [-0.2, 0) is 9.47 Å². The molecule has 1 saturated heterocycles. The topological polar surface area (TPSA) is 63.7 Å². The number of pyridine rings is 1. The van der Waals surface area contributed by atoms with Gasteiger partial charge in [0, 0.05) is 39.1 Å². The SMILES string of the molecule is COCCNc1cncc(C=C2CN(C(=O)OC(C)(C)C)C2)c1. The number of likely N-dealkylation sites (tertiary alicyclic amines) is 1. The van der Waals surface area contributed by atoms with E-state index in [9.17, 15) is 4.79 Å². The summed E-state index contributed by atoms with van der Waals surface area (Å²) in [6.45, 7) is 8.22. The van der Waals surface area contributed by atoms with Crippen molar-refractivity contribution in [2.45, 2.75) is 26.4 Å². The van der Waals surface area contributed by atoms with Crippen LogP contribution in [0.3, 0.4) is 0 Å². The largest absolute Gasteiger partial charge is 0.444 e. The Morgan fingerprint density at radius 3 is 2.78 bits per heavy atom. The lowest BCUT2D eigenvalue weighted by Crippen LogP contribution is -2.46. The van der Waals surface area contributed by atoms with E-state index in [4.69, 9.17) is 9.47 Å². The summed E-state index contributed by atoms with van der Waals surface area (Å²) in [4.78, 5) is 17.8. The molecule has 126 valence electrons. The van der Waals surface area contributed by atoms with Crippen molar-refractivity contribution in [3.05, 3.63) is 29.6 Å². The van der Waals surface area contributed by atoms with Crippen LogP contribution in [-0.4, -0.2) is 54.9 Å². The van der Waals surface area contributed by atoms with Crippen LogP contribution >= 0.6 is 0 Å². The van der Waals surface area contributed by atoms with Gasteiger partial charge in [-0.3, -0.25) is 4.98 Å². The van der Waals surface area contributed by atoms with Gasteiger partial charge in [-0.15, -0.1) is 0 Å². The second kappa shape index (κ2) is 7.46. The molecule has 23 heavy (non-hydrogen) atoms. The van der Waals surface area contributed by atoms with Gasteiger partial charge in [-0.25, -0.2) is 4.79 Å². The molecule has 0 bridgehead atoms. The van der Waals surface area contributed by atoms with Gasteiger partial charge < -0.3 is 19.7 Å². The first-order valence-electron chi connectivity index (χ1n) is 7.72. The number of hydrogen-bond acceptors (Lipinski definition) is 5. The van der Waals surface area contributed by atoms with Gasteiger partial charge in [-0.05, 0) is 38.0 Å². The van der Waals surface area contributed by atoms with Gasteiger partial charge in [-0.1, -0.05) is 6.08 Å². The fourth-order valence-corrected chi connectivity index (χ4v) is 2.16. The Balaban J connectivity index is 1.87. The summed E-state index contributed by atoms with van der Waals surface area (Å²) < 4.78 is 10.3. The van der Waals surface area contributed by atoms with Crippen molar-refractivity contribution in [3.8, 4) is 0 Å². The molecule has 1 aliphatic heterocycles. The molecule has 0 saturated carbocycles. The summed E-state index contributed by atoms with van der Waals surface area (Å²) in [6, 6.07) is 2.03. The van der Waals surface area contributed by atoms with Crippen LogP contribution < -0.4 is 5.32 Å². The molecule has 0 unspecified atom stereocenters.